The Morgan fingerprint density at radius 2 is 1.70 bits per heavy atom. The van der Waals surface area contributed by atoms with E-state index in [-0.39, 0.29) is 21.7 Å². The maximum atomic E-state index is 12.9. The third-order valence-corrected chi connectivity index (χ3v) is 4.85. The van der Waals surface area contributed by atoms with Crippen LogP contribution >= 0.6 is 11.3 Å². The Morgan fingerprint density at radius 3 is 2.30 bits per heavy atom. The highest BCUT2D eigenvalue weighted by atomic mass is 32.1. The van der Waals surface area contributed by atoms with Gasteiger partial charge in [0.2, 0.25) is 0 Å². The summed E-state index contributed by atoms with van der Waals surface area (Å²) < 4.78 is 40.0. The zero-order valence-corrected chi connectivity index (χ0v) is 14.1. The molecular weight excluding hydrogens is 385 g/mol. The number of imide groups is 1. The van der Waals surface area contributed by atoms with Gasteiger partial charge in [0.1, 0.15) is 12.2 Å². The first-order chi connectivity index (χ1) is 12.8. The molecule has 0 spiro atoms. The van der Waals surface area contributed by atoms with E-state index in [1.54, 1.807) is 5.38 Å². The average molecular weight is 394 g/mol. The molecule has 0 bridgehead atoms. The Hall–Kier alpha value is -3.14. The molecule has 0 saturated carbocycles. The lowest BCUT2D eigenvalue weighted by atomic mass is 10.1. The highest BCUT2D eigenvalue weighted by molar-refractivity contribution is 7.17. The quantitative estimate of drug-likeness (QED) is 0.636. The number of carbonyl (C=O) groups is 3. The number of alkyl halides is 3. The van der Waals surface area contributed by atoms with E-state index in [1.807, 2.05) is 0 Å². The molecule has 0 saturated heterocycles. The van der Waals surface area contributed by atoms with E-state index in [9.17, 15) is 27.6 Å². The number of benzene rings is 1. The van der Waals surface area contributed by atoms with E-state index in [0.29, 0.717) is 4.70 Å². The van der Waals surface area contributed by atoms with Crippen LogP contribution in [0.25, 0.3) is 10.2 Å². The number of fused-ring (bicyclic) bond motifs is 2. The molecule has 1 aliphatic heterocycles. The Bertz CT molecular complexity index is 1060. The van der Waals surface area contributed by atoms with Gasteiger partial charge in [0.25, 0.3) is 11.8 Å². The van der Waals surface area contributed by atoms with Crippen LogP contribution in [0.3, 0.4) is 0 Å². The molecule has 27 heavy (non-hydrogen) atoms. The summed E-state index contributed by atoms with van der Waals surface area (Å²) in [6, 6.07) is 8.56. The lowest BCUT2D eigenvalue weighted by Crippen LogP contribution is -2.33. The lowest BCUT2D eigenvalue weighted by molar-refractivity contribution is -0.140. The zero-order valence-electron chi connectivity index (χ0n) is 13.3. The number of thiophene rings is 1. The van der Waals surface area contributed by atoms with Gasteiger partial charge in [0, 0.05) is 0 Å². The van der Waals surface area contributed by atoms with Gasteiger partial charge in [0.15, 0.2) is 0 Å². The van der Waals surface area contributed by atoms with E-state index >= 15 is 0 Å². The SMILES string of the molecule is O=C(ON1C(=O)c2ccccc2C1=O)c1cc2sccc2n1CC(F)(F)F. The highest BCUT2D eigenvalue weighted by Gasteiger charge is 2.40. The van der Waals surface area contributed by atoms with Crippen LogP contribution in [0.5, 0.6) is 0 Å². The summed E-state index contributed by atoms with van der Waals surface area (Å²) in [6.45, 7) is -1.40. The maximum Gasteiger partial charge on any atom is 0.406 e. The van der Waals surface area contributed by atoms with Crippen molar-refractivity contribution in [2.24, 2.45) is 0 Å². The number of hydrogen-bond donors (Lipinski definition) is 0. The summed E-state index contributed by atoms with van der Waals surface area (Å²) >= 11 is 1.16. The molecule has 0 N–H and O–H groups in total. The molecule has 10 heteroatoms. The minimum absolute atomic E-state index is 0.0574. The molecule has 0 aliphatic carbocycles. The van der Waals surface area contributed by atoms with Crippen LogP contribution < -0.4 is 0 Å². The normalized spacial score (nSPS) is 14.1. The molecule has 1 aromatic carbocycles. The molecule has 0 radical (unpaired) electrons. The Labute approximate surface area is 153 Å². The van der Waals surface area contributed by atoms with Crippen LogP contribution in [0.4, 0.5) is 13.2 Å². The molecule has 4 rings (SSSR count). The number of amides is 2. The number of nitrogens with zero attached hydrogens (tertiary/aromatic N) is 2. The first-order valence-electron chi connectivity index (χ1n) is 7.60. The van der Waals surface area contributed by atoms with Crippen molar-refractivity contribution in [3.63, 3.8) is 0 Å². The Balaban J connectivity index is 1.67. The van der Waals surface area contributed by atoms with Crippen LogP contribution in [0.2, 0.25) is 0 Å². The number of hydroxylamine groups is 2. The van der Waals surface area contributed by atoms with Crippen molar-refractivity contribution in [1.29, 1.82) is 0 Å². The van der Waals surface area contributed by atoms with Gasteiger partial charge in [-0.3, -0.25) is 9.59 Å². The third kappa shape index (κ3) is 2.87. The molecule has 3 heterocycles. The summed E-state index contributed by atoms with van der Waals surface area (Å²) in [4.78, 5) is 41.8. The van der Waals surface area contributed by atoms with E-state index in [1.165, 1.54) is 36.4 Å². The number of hydrogen-bond acceptors (Lipinski definition) is 5. The van der Waals surface area contributed by atoms with Crippen LogP contribution in [-0.2, 0) is 11.4 Å². The van der Waals surface area contributed by atoms with Gasteiger partial charge in [-0.05, 0) is 29.6 Å². The number of rotatable bonds is 3. The predicted molar refractivity (Wildman–Crippen MR) is 88.2 cm³/mol. The molecule has 0 unspecified atom stereocenters. The highest BCUT2D eigenvalue weighted by Crippen LogP contribution is 2.30. The van der Waals surface area contributed by atoms with Crippen LogP contribution in [0.1, 0.15) is 31.2 Å². The molecule has 6 nitrogen and oxygen atoms in total. The van der Waals surface area contributed by atoms with Crippen molar-refractivity contribution in [3.05, 3.63) is 58.6 Å². The second-order valence-corrected chi connectivity index (χ2v) is 6.68. The number of aromatic nitrogens is 1. The smallest absolute Gasteiger partial charge is 0.325 e. The second-order valence-electron chi connectivity index (χ2n) is 5.73. The van der Waals surface area contributed by atoms with E-state index in [0.717, 1.165) is 15.9 Å². The second kappa shape index (κ2) is 5.95. The fourth-order valence-corrected chi connectivity index (χ4v) is 3.70. The third-order valence-electron chi connectivity index (χ3n) is 4.00. The Morgan fingerprint density at radius 1 is 1.07 bits per heavy atom. The van der Waals surface area contributed by atoms with Gasteiger partial charge in [-0.25, -0.2) is 4.79 Å². The van der Waals surface area contributed by atoms with Crippen LogP contribution in [0, 0.1) is 0 Å². The van der Waals surface area contributed by atoms with Crippen molar-refractivity contribution >= 4 is 39.3 Å². The van der Waals surface area contributed by atoms with E-state index < -0.39 is 36.2 Å². The molecule has 3 aromatic rings. The van der Waals surface area contributed by atoms with Gasteiger partial charge in [-0.2, -0.15) is 13.2 Å². The number of halogens is 3. The summed E-state index contributed by atoms with van der Waals surface area (Å²) in [6.07, 6.45) is -4.57. The first-order valence-corrected chi connectivity index (χ1v) is 8.48. The van der Waals surface area contributed by atoms with Gasteiger partial charge in [0.05, 0.1) is 21.3 Å². The maximum absolute atomic E-state index is 12.9. The first kappa shape index (κ1) is 17.3. The van der Waals surface area contributed by atoms with Gasteiger partial charge in [-0.15, -0.1) is 11.3 Å². The molecule has 0 atom stereocenters. The van der Waals surface area contributed by atoms with Crippen LogP contribution in [0.15, 0.2) is 41.8 Å². The van der Waals surface area contributed by atoms with Crippen molar-refractivity contribution in [3.8, 4) is 0 Å². The Kier molecular flexibility index (Phi) is 3.81. The molecule has 2 amide bonds. The van der Waals surface area contributed by atoms with Gasteiger partial charge >= 0.3 is 12.1 Å². The zero-order chi connectivity index (χ0) is 19.3. The molecule has 138 valence electrons. The fourth-order valence-electron chi connectivity index (χ4n) is 2.88. The van der Waals surface area contributed by atoms with Crippen molar-refractivity contribution in [2.75, 3.05) is 0 Å². The van der Waals surface area contributed by atoms with Crippen molar-refractivity contribution in [2.45, 2.75) is 12.7 Å². The minimum atomic E-state index is -4.57. The number of carbonyl (C=O) groups excluding carboxylic acids is 3. The predicted octanol–water partition coefficient (Wildman–Crippen LogP) is 3.63. The molecule has 0 fully saturated rings. The van der Waals surface area contributed by atoms with E-state index in [4.69, 9.17) is 4.84 Å². The molecule has 1 aliphatic rings. The minimum Gasteiger partial charge on any atom is -0.325 e. The summed E-state index contributed by atoms with van der Waals surface area (Å²) in [7, 11) is 0. The summed E-state index contributed by atoms with van der Waals surface area (Å²) in [5.74, 6) is -2.92. The topological polar surface area (TPSA) is 68.6 Å². The fraction of sp³-hybridized carbons (Fsp3) is 0.118. The largest absolute Gasteiger partial charge is 0.406 e. The summed E-state index contributed by atoms with van der Waals surface area (Å²) in [5.41, 5.74) is -0.0683. The average Bonchev–Trinajstić information content (AvgIpc) is 3.25. The molecular formula is C17H9F3N2O4S. The monoisotopic (exact) mass is 394 g/mol. The van der Waals surface area contributed by atoms with Gasteiger partial charge < -0.3 is 9.40 Å². The standard InChI is InChI=1S/C17H9F3N2O4S/c18-17(19,20)8-21-11-5-6-27-13(11)7-12(21)16(25)26-22-14(23)9-3-1-2-4-10(9)15(22)24/h1-7H,8H2. The lowest BCUT2D eigenvalue weighted by Gasteiger charge is -2.15. The van der Waals surface area contributed by atoms with Gasteiger partial charge in [-0.1, -0.05) is 17.2 Å². The van der Waals surface area contributed by atoms with Crippen LogP contribution in [-0.4, -0.2) is 33.6 Å². The van der Waals surface area contributed by atoms with Crippen molar-refractivity contribution in [1.82, 2.24) is 9.63 Å². The summed E-state index contributed by atoms with van der Waals surface area (Å²) in [5, 5.41) is 1.86. The van der Waals surface area contributed by atoms with Crippen molar-refractivity contribution < 1.29 is 32.4 Å². The van der Waals surface area contributed by atoms with E-state index in [2.05, 4.69) is 0 Å². The molecule has 2 aromatic heterocycles.